The second kappa shape index (κ2) is 16.2. The fraction of sp³-hybridized carbons (Fsp3) is 0.571. The number of ether oxygens (including phenoxy) is 1. The van der Waals surface area contributed by atoms with Crippen molar-refractivity contribution in [1.29, 1.82) is 0 Å². The van der Waals surface area contributed by atoms with E-state index in [0.717, 1.165) is 38.8 Å². The largest absolute Gasteiger partial charge is 5.00 e. The molecule has 0 N–H and O–H groups in total. The summed E-state index contributed by atoms with van der Waals surface area (Å²) in [6, 6.07) is 15.6. The number of fused-ring (bicyclic) bond motifs is 3. The SMILES string of the molecule is COC(=O)[C@@H]1[C@H]2CCC(C[C@H]1c1ccc3ccccc3c1)N2CCCN(CC[S-])CC([O-])=NCC[S-].[O-2].[Tc+5]. The number of esters is 1. The number of carbonyl (C=O) groups excluding carboxylic acids is 1. The van der Waals surface area contributed by atoms with Crippen LogP contribution in [0.3, 0.4) is 0 Å². The summed E-state index contributed by atoms with van der Waals surface area (Å²) in [4.78, 5) is 21.7. The average molecular weight is 641 g/mol. The van der Waals surface area contributed by atoms with E-state index in [1.54, 1.807) is 0 Å². The standard InChI is InChI=1S/C28H39N3O3S2.O.Tc/c1-34-28(33)27-24(22-8-7-20-5-2-3-6-21(20)17-22)18-23-9-10-25(27)31(23)13-4-12-30(14-16-36)19-26(32)29-11-15-35;;/h2-3,5-8,17,23-25,27,35-36H,4,9-16,18-19H2,1H3,(H,29,32);;/q;-2;+5/p-3/t23?,24-,25+,27-;;/m0../s1. The van der Waals surface area contributed by atoms with Crippen molar-refractivity contribution in [1.82, 2.24) is 9.80 Å². The summed E-state index contributed by atoms with van der Waals surface area (Å²) in [7, 11) is 1.51. The van der Waals surface area contributed by atoms with Crippen LogP contribution in [-0.2, 0) is 60.4 Å². The van der Waals surface area contributed by atoms with Crippen molar-refractivity contribution >= 4 is 47.9 Å². The zero-order chi connectivity index (χ0) is 25.5. The van der Waals surface area contributed by atoms with Crippen LogP contribution in [0.25, 0.3) is 10.8 Å². The molecule has 0 saturated carbocycles. The number of aliphatic imine (C=N–C) groups is 1. The van der Waals surface area contributed by atoms with E-state index in [1.807, 2.05) is 0 Å². The fourth-order valence-corrected chi connectivity index (χ4v) is 6.54. The minimum absolute atomic E-state index is 0. The van der Waals surface area contributed by atoms with Gasteiger partial charge >= 0.3 is 26.1 Å². The first-order valence-electron chi connectivity index (χ1n) is 13.0. The Labute approximate surface area is 250 Å². The number of carbonyl (C=O) groups is 1. The Kier molecular flexibility index (Phi) is 14.1. The van der Waals surface area contributed by atoms with Crippen molar-refractivity contribution in [3.63, 3.8) is 0 Å². The van der Waals surface area contributed by atoms with Gasteiger partial charge in [-0.2, -0.15) is 11.5 Å². The Morgan fingerprint density at radius 2 is 1.89 bits per heavy atom. The number of hydrogen-bond donors (Lipinski definition) is 0. The third kappa shape index (κ3) is 7.96. The third-order valence-electron chi connectivity index (χ3n) is 7.78. The van der Waals surface area contributed by atoms with Gasteiger partial charge in [0.05, 0.1) is 13.0 Å². The Morgan fingerprint density at radius 3 is 2.61 bits per heavy atom. The molecule has 2 aliphatic rings. The molecule has 38 heavy (non-hydrogen) atoms. The Bertz CT molecular complexity index is 1060. The molecule has 10 heteroatoms. The molecular formula is C28H36N3O4S2Tc. The van der Waals surface area contributed by atoms with E-state index >= 15 is 0 Å². The van der Waals surface area contributed by atoms with Crippen LogP contribution in [0.15, 0.2) is 47.5 Å². The number of nitrogens with zero attached hydrogens (tertiary/aromatic N) is 3. The maximum Gasteiger partial charge on any atom is 5.00 e. The van der Waals surface area contributed by atoms with E-state index < -0.39 is 0 Å². The molecule has 4 atom stereocenters. The van der Waals surface area contributed by atoms with Crippen LogP contribution in [0.2, 0.25) is 0 Å². The number of hydrogen-bond acceptors (Lipinski definition) is 8. The molecule has 2 aromatic rings. The average Bonchev–Trinajstić information content (AvgIpc) is 3.17. The second-order valence-corrected chi connectivity index (χ2v) is 10.7. The van der Waals surface area contributed by atoms with Crippen molar-refractivity contribution in [3.8, 4) is 0 Å². The molecule has 0 radical (unpaired) electrons. The molecular weight excluding hydrogens is 604 g/mol. The van der Waals surface area contributed by atoms with Gasteiger partial charge in [0.25, 0.3) is 0 Å². The minimum Gasteiger partial charge on any atom is -2.00 e. The maximum absolute atomic E-state index is 13.1. The van der Waals surface area contributed by atoms with Crippen LogP contribution in [0, 0.1) is 5.92 Å². The molecule has 2 fully saturated rings. The first kappa shape index (κ1) is 33.1. The van der Waals surface area contributed by atoms with Crippen LogP contribution < -0.4 is 5.11 Å². The molecule has 0 amide bonds. The Balaban J connectivity index is 0.00000253. The molecule has 2 saturated heterocycles. The van der Waals surface area contributed by atoms with Crippen LogP contribution in [0.5, 0.6) is 0 Å². The van der Waals surface area contributed by atoms with E-state index in [2.05, 4.69) is 57.3 Å². The smallest absolute Gasteiger partial charge is 2.00 e. The van der Waals surface area contributed by atoms with Gasteiger partial charge in [0.2, 0.25) is 0 Å². The molecule has 2 heterocycles. The van der Waals surface area contributed by atoms with Gasteiger partial charge in [-0.15, -0.1) is 0 Å². The zero-order valence-corrected chi connectivity index (χ0v) is 25.3. The number of methoxy groups -OCH3 is 1. The predicted octanol–water partition coefficient (Wildman–Crippen LogP) is 2.37. The fourth-order valence-electron chi connectivity index (χ4n) is 6.19. The van der Waals surface area contributed by atoms with Gasteiger partial charge in [0.15, 0.2) is 0 Å². The summed E-state index contributed by atoms with van der Waals surface area (Å²) in [5.41, 5.74) is 1.23. The van der Waals surface area contributed by atoms with E-state index in [9.17, 15) is 9.90 Å². The van der Waals surface area contributed by atoms with E-state index in [-0.39, 0.29) is 55.3 Å². The van der Waals surface area contributed by atoms with Gasteiger partial charge in [0, 0.05) is 31.1 Å². The van der Waals surface area contributed by atoms with Crippen LogP contribution in [-0.4, -0.2) is 85.1 Å². The Hall–Kier alpha value is -1.13. The summed E-state index contributed by atoms with van der Waals surface area (Å²) in [6.45, 7) is 3.09. The van der Waals surface area contributed by atoms with Gasteiger partial charge < -0.3 is 50.5 Å². The molecule has 2 aliphatic heterocycles. The first-order chi connectivity index (χ1) is 17.5. The monoisotopic (exact) mass is 639 g/mol. The quantitative estimate of drug-likeness (QED) is 0.152. The van der Waals surface area contributed by atoms with E-state index in [4.69, 9.17) is 30.0 Å². The second-order valence-electron chi connectivity index (χ2n) is 9.85. The molecule has 1 unspecified atom stereocenters. The van der Waals surface area contributed by atoms with Gasteiger partial charge in [-0.3, -0.25) is 9.69 Å². The van der Waals surface area contributed by atoms with Gasteiger partial charge in [-0.1, -0.05) is 42.5 Å². The zero-order valence-electron chi connectivity index (χ0n) is 21.8. The van der Waals surface area contributed by atoms with E-state index in [1.165, 1.54) is 23.4 Å². The first-order valence-corrected chi connectivity index (χ1v) is 14.1. The van der Waals surface area contributed by atoms with Crippen LogP contribution in [0.4, 0.5) is 0 Å². The van der Waals surface area contributed by atoms with Crippen LogP contribution in [0.1, 0.15) is 37.2 Å². The maximum atomic E-state index is 13.1. The number of piperidine rings is 1. The molecule has 0 spiro atoms. The van der Waals surface area contributed by atoms with Crippen molar-refractivity contribution in [2.45, 2.75) is 43.7 Å². The van der Waals surface area contributed by atoms with Gasteiger partial charge in [0.1, 0.15) is 0 Å². The van der Waals surface area contributed by atoms with Crippen molar-refractivity contribution < 1.29 is 40.2 Å². The summed E-state index contributed by atoms with van der Waals surface area (Å²) in [5.74, 6) is 0.816. The number of rotatable bonds is 12. The summed E-state index contributed by atoms with van der Waals surface area (Å²) in [6.07, 6.45) is 4.01. The summed E-state index contributed by atoms with van der Waals surface area (Å²) >= 11 is 10.1. The normalized spacial score (nSPS) is 23.2. The molecule has 4 rings (SSSR count). The number of benzene rings is 2. The minimum atomic E-state index is -0.169. The van der Waals surface area contributed by atoms with Crippen LogP contribution >= 0.6 is 0 Å². The van der Waals surface area contributed by atoms with E-state index in [0.29, 0.717) is 37.2 Å². The molecule has 2 bridgehead atoms. The molecule has 0 aliphatic carbocycles. The van der Waals surface area contributed by atoms with Crippen molar-refractivity contribution in [2.75, 3.05) is 51.3 Å². The molecule has 206 valence electrons. The van der Waals surface area contributed by atoms with Gasteiger partial charge in [-0.05, 0) is 67.6 Å². The predicted molar refractivity (Wildman–Crippen MR) is 149 cm³/mol. The Morgan fingerprint density at radius 1 is 1.13 bits per heavy atom. The molecule has 2 aromatic carbocycles. The third-order valence-corrected chi connectivity index (χ3v) is 8.14. The topological polar surface area (TPSA) is 96.7 Å². The summed E-state index contributed by atoms with van der Waals surface area (Å²) in [5, 5.41) is 14.5. The molecule has 7 nitrogen and oxygen atoms in total. The summed E-state index contributed by atoms with van der Waals surface area (Å²) < 4.78 is 5.34. The van der Waals surface area contributed by atoms with Gasteiger partial charge in [-0.25, -0.2) is 0 Å². The van der Waals surface area contributed by atoms with Crippen molar-refractivity contribution in [3.05, 3.63) is 48.0 Å². The van der Waals surface area contributed by atoms with Crippen molar-refractivity contribution in [2.24, 2.45) is 10.9 Å². The molecule has 0 aromatic heterocycles.